The van der Waals surface area contributed by atoms with Crippen molar-refractivity contribution in [2.45, 2.75) is 13.8 Å². The molecule has 0 radical (unpaired) electrons. The Kier molecular flexibility index (Phi) is 5.18. The van der Waals surface area contributed by atoms with Gasteiger partial charge in [-0.15, -0.1) is 11.3 Å². The maximum Gasteiger partial charge on any atom is 0.189 e. The Balaban J connectivity index is 1.55. The molecule has 4 aromatic rings. The highest BCUT2D eigenvalue weighted by Crippen LogP contribution is 2.36. The summed E-state index contributed by atoms with van der Waals surface area (Å²) in [5.74, 6) is 0.690. The number of fused-ring (bicyclic) bond motifs is 1. The summed E-state index contributed by atoms with van der Waals surface area (Å²) in [6.45, 7) is 4.12. The number of hydrogen-bond donors (Lipinski definition) is 3. The molecule has 140 valence electrons. The summed E-state index contributed by atoms with van der Waals surface area (Å²) < 4.78 is 0. The fourth-order valence-electron chi connectivity index (χ4n) is 3.02. The van der Waals surface area contributed by atoms with Crippen LogP contribution in [0, 0.1) is 13.8 Å². The van der Waals surface area contributed by atoms with E-state index in [-0.39, 0.29) is 0 Å². The number of rotatable bonds is 4. The summed E-state index contributed by atoms with van der Waals surface area (Å²) in [5, 5.41) is 6.76. The lowest BCUT2D eigenvalue weighted by Crippen LogP contribution is -2.34. The molecule has 0 bridgehead atoms. The lowest BCUT2D eigenvalue weighted by atomic mass is 10.1. The van der Waals surface area contributed by atoms with E-state index in [1.165, 1.54) is 5.56 Å². The maximum atomic E-state index is 5.43. The molecule has 2 aromatic heterocycles. The Hall–Kier alpha value is -3.03. The first-order valence-corrected chi connectivity index (χ1v) is 10.1. The van der Waals surface area contributed by atoms with Crippen LogP contribution in [0.15, 0.2) is 60.2 Å². The van der Waals surface area contributed by atoms with Crippen LogP contribution >= 0.6 is 23.6 Å². The molecule has 4 rings (SSSR count). The predicted molar refractivity (Wildman–Crippen MR) is 122 cm³/mol. The summed E-state index contributed by atoms with van der Waals surface area (Å²) in [7, 11) is 0. The molecular formula is C21H19N5S2. The van der Waals surface area contributed by atoms with Crippen LogP contribution in [0.5, 0.6) is 0 Å². The Labute approximate surface area is 172 Å². The first-order chi connectivity index (χ1) is 13.6. The molecule has 0 saturated heterocycles. The number of benzene rings is 2. The molecule has 2 aromatic carbocycles. The summed E-state index contributed by atoms with van der Waals surface area (Å²) in [6, 6.07) is 16.4. The van der Waals surface area contributed by atoms with Crippen LogP contribution in [0.4, 0.5) is 11.5 Å². The highest BCUT2D eigenvalue weighted by molar-refractivity contribution is 7.80. The third kappa shape index (κ3) is 3.81. The number of aromatic nitrogens is 2. The second-order valence-corrected chi connectivity index (χ2v) is 7.71. The first-order valence-electron chi connectivity index (χ1n) is 8.79. The number of thiocarbonyl (C=S) groups is 1. The molecule has 0 aliphatic rings. The lowest BCUT2D eigenvalue weighted by Gasteiger charge is -2.14. The number of aryl methyl sites for hydroxylation is 2. The number of hydrazine groups is 1. The Morgan fingerprint density at radius 2 is 1.86 bits per heavy atom. The molecule has 7 heteroatoms. The SMILES string of the molecule is Cc1ccc(NC(=S)NNc2ncnc3scc(-c4ccccc4)c23)c(C)c1. The van der Waals surface area contributed by atoms with E-state index in [1.54, 1.807) is 17.7 Å². The summed E-state index contributed by atoms with van der Waals surface area (Å²) in [5.41, 5.74) is 11.7. The van der Waals surface area contributed by atoms with Crippen LogP contribution in [0.3, 0.4) is 0 Å². The molecule has 0 unspecified atom stereocenters. The van der Waals surface area contributed by atoms with E-state index in [1.807, 2.05) is 24.3 Å². The molecule has 0 atom stereocenters. The Bertz CT molecular complexity index is 1140. The van der Waals surface area contributed by atoms with Crippen LogP contribution in [0.25, 0.3) is 21.3 Å². The minimum atomic E-state index is 0.468. The zero-order chi connectivity index (χ0) is 19.5. The van der Waals surface area contributed by atoms with Gasteiger partial charge < -0.3 is 5.32 Å². The van der Waals surface area contributed by atoms with Gasteiger partial charge in [0.05, 0.1) is 5.39 Å². The van der Waals surface area contributed by atoms with Crippen molar-refractivity contribution in [1.29, 1.82) is 0 Å². The van der Waals surface area contributed by atoms with Crippen molar-refractivity contribution in [1.82, 2.24) is 15.4 Å². The molecule has 3 N–H and O–H groups in total. The summed E-state index contributed by atoms with van der Waals surface area (Å²) in [4.78, 5) is 9.72. The smallest absolute Gasteiger partial charge is 0.189 e. The zero-order valence-corrected chi connectivity index (χ0v) is 17.1. The number of thiophene rings is 1. The minimum Gasteiger partial charge on any atom is -0.331 e. The largest absolute Gasteiger partial charge is 0.331 e. The van der Waals surface area contributed by atoms with Crippen LogP contribution < -0.4 is 16.2 Å². The van der Waals surface area contributed by atoms with Gasteiger partial charge in [-0.25, -0.2) is 9.97 Å². The van der Waals surface area contributed by atoms with Gasteiger partial charge in [-0.1, -0.05) is 48.0 Å². The van der Waals surface area contributed by atoms with Crippen molar-refractivity contribution in [2.24, 2.45) is 0 Å². The minimum absolute atomic E-state index is 0.468. The van der Waals surface area contributed by atoms with E-state index in [2.05, 4.69) is 69.6 Å². The standard InChI is InChI=1S/C21H19N5S2/c1-13-8-9-17(14(2)10-13)24-21(27)26-25-19-18-16(15-6-4-3-5-7-15)11-28-20(18)23-12-22-19/h3-12H,1-2H3,(H,22,23,25)(H2,24,26,27). The van der Waals surface area contributed by atoms with Crippen LogP contribution in [-0.2, 0) is 0 Å². The quantitative estimate of drug-likeness (QED) is 0.317. The van der Waals surface area contributed by atoms with Crippen molar-refractivity contribution in [2.75, 3.05) is 10.7 Å². The van der Waals surface area contributed by atoms with Gasteiger partial charge >= 0.3 is 0 Å². The fourth-order valence-corrected chi connectivity index (χ4v) is 4.10. The molecule has 5 nitrogen and oxygen atoms in total. The average Bonchev–Trinajstić information content (AvgIpc) is 3.14. The van der Waals surface area contributed by atoms with Gasteiger partial charge in [0.2, 0.25) is 0 Å². The second-order valence-electron chi connectivity index (χ2n) is 6.44. The predicted octanol–water partition coefficient (Wildman–Crippen LogP) is 5.29. The third-order valence-corrected chi connectivity index (χ3v) is 5.47. The molecule has 0 spiro atoms. The molecule has 28 heavy (non-hydrogen) atoms. The van der Waals surface area contributed by atoms with Gasteiger partial charge in [-0.2, -0.15) is 0 Å². The topological polar surface area (TPSA) is 61.9 Å². The normalized spacial score (nSPS) is 10.6. The Morgan fingerprint density at radius 3 is 2.64 bits per heavy atom. The van der Waals surface area contributed by atoms with Crippen molar-refractivity contribution >= 4 is 50.4 Å². The van der Waals surface area contributed by atoms with Crippen molar-refractivity contribution in [3.8, 4) is 11.1 Å². The highest BCUT2D eigenvalue weighted by Gasteiger charge is 2.13. The first kappa shape index (κ1) is 18.3. The molecular weight excluding hydrogens is 386 g/mol. The molecule has 0 fully saturated rings. The van der Waals surface area contributed by atoms with Crippen molar-refractivity contribution < 1.29 is 0 Å². The van der Waals surface area contributed by atoms with E-state index in [0.717, 1.165) is 32.6 Å². The summed E-state index contributed by atoms with van der Waals surface area (Å²) >= 11 is 7.03. The number of anilines is 2. The third-order valence-electron chi connectivity index (χ3n) is 4.38. The second kappa shape index (κ2) is 7.92. The maximum absolute atomic E-state index is 5.43. The van der Waals surface area contributed by atoms with Crippen LogP contribution in [0.1, 0.15) is 11.1 Å². The number of nitrogens with one attached hydrogen (secondary N) is 3. The molecule has 0 aliphatic carbocycles. The molecule has 2 heterocycles. The van der Waals surface area contributed by atoms with Crippen LogP contribution in [0.2, 0.25) is 0 Å². The van der Waals surface area contributed by atoms with Gasteiger partial charge in [0, 0.05) is 16.6 Å². The van der Waals surface area contributed by atoms with Gasteiger partial charge in [-0.05, 0) is 43.3 Å². The van der Waals surface area contributed by atoms with Gasteiger partial charge in [0.1, 0.15) is 11.2 Å². The number of nitrogens with zero attached hydrogens (tertiary/aromatic N) is 2. The molecule has 0 aliphatic heterocycles. The highest BCUT2D eigenvalue weighted by atomic mass is 32.1. The van der Waals surface area contributed by atoms with E-state index in [4.69, 9.17) is 12.2 Å². The molecule has 0 amide bonds. The lowest BCUT2D eigenvalue weighted by molar-refractivity contribution is 1.09. The van der Waals surface area contributed by atoms with Gasteiger partial charge in [0.15, 0.2) is 10.9 Å². The molecule has 0 saturated carbocycles. The zero-order valence-electron chi connectivity index (χ0n) is 15.5. The van der Waals surface area contributed by atoms with Gasteiger partial charge in [0.25, 0.3) is 0 Å². The summed E-state index contributed by atoms with van der Waals surface area (Å²) in [6.07, 6.45) is 1.55. The van der Waals surface area contributed by atoms with E-state index < -0.39 is 0 Å². The van der Waals surface area contributed by atoms with Crippen molar-refractivity contribution in [3.05, 3.63) is 71.4 Å². The van der Waals surface area contributed by atoms with E-state index >= 15 is 0 Å². The van der Waals surface area contributed by atoms with Gasteiger partial charge in [-0.3, -0.25) is 10.9 Å². The van der Waals surface area contributed by atoms with E-state index in [0.29, 0.717) is 10.9 Å². The number of hydrogen-bond acceptors (Lipinski definition) is 5. The monoisotopic (exact) mass is 405 g/mol. The van der Waals surface area contributed by atoms with E-state index in [9.17, 15) is 0 Å². The van der Waals surface area contributed by atoms with Crippen molar-refractivity contribution in [3.63, 3.8) is 0 Å². The average molecular weight is 406 g/mol. The fraction of sp³-hybridized carbons (Fsp3) is 0.0952. The van der Waals surface area contributed by atoms with Crippen LogP contribution in [-0.4, -0.2) is 15.1 Å². The Morgan fingerprint density at radius 1 is 1.04 bits per heavy atom.